The van der Waals surface area contributed by atoms with E-state index in [1.165, 1.54) is 19.9 Å². The number of hydrogen-bond donors (Lipinski definition) is 1. The summed E-state index contributed by atoms with van der Waals surface area (Å²) in [4.78, 5) is 11.9. The minimum absolute atomic E-state index is 0.0954. The predicted octanol–water partition coefficient (Wildman–Crippen LogP) is 2.42. The van der Waals surface area contributed by atoms with E-state index in [1.807, 2.05) is 12.1 Å². The predicted molar refractivity (Wildman–Crippen MR) is 74.8 cm³/mol. The molecule has 19 heavy (non-hydrogen) atoms. The van der Waals surface area contributed by atoms with Crippen LogP contribution in [0.4, 0.5) is 0 Å². The van der Waals surface area contributed by atoms with Crippen LogP contribution in [0.3, 0.4) is 0 Å². The Hall–Kier alpha value is -1.65. The van der Waals surface area contributed by atoms with Crippen molar-refractivity contribution in [1.29, 1.82) is 0 Å². The van der Waals surface area contributed by atoms with E-state index >= 15 is 0 Å². The van der Waals surface area contributed by atoms with Crippen LogP contribution in [0.2, 0.25) is 5.02 Å². The van der Waals surface area contributed by atoms with Gasteiger partial charge < -0.3 is 5.11 Å². The van der Waals surface area contributed by atoms with Gasteiger partial charge in [0, 0.05) is 11.8 Å². The molecule has 0 fully saturated rings. The Balaban J connectivity index is 2.72. The third-order valence-corrected chi connectivity index (χ3v) is 3.09. The summed E-state index contributed by atoms with van der Waals surface area (Å²) >= 11 is 6.14. The van der Waals surface area contributed by atoms with E-state index in [-0.39, 0.29) is 11.1 Å². The van der Waals surface area contributed by atoms with Crippen molar-refractivity contribution >= 4 is 11.6 Å². The Morgan fingerprint density at radius 1 is 1.32 bits per heavy atom. The highest BCUT2D eigenvalue weighted by Gasteiger charge is 2.23. The summed E-state index contributed by atoms with van der Waals surface area (Å²) in [5, 5.41) is 14.8. The van der Waals surface area contributed by atoms with Gasteiger partial charge in [-0.2, -0.15) is 5.10 Å². The SMILES string of the molecule is Cc1cc(=O)c(C(C)(C)O)nn1-c1ccccc1Cl. The molecule has 0 spiro atoms. The molecule has 2 aromatic rings. The van der Waals surface area contributed by atoms with Crippen LogP contribution in [0.15, 0.2) is 35.1 Å². The monoisotopic (exact) mass is 278 g/mol. The van der Waals surface area contributed by atoms with Crippen LogP contribution in [-0.2, 0) is 5.60 Å². The minimum atomic E-state index is -1.30. The number of aromatic nitrogens is 2. The zero-order valence-corrected chi connectivity index (χ0v) is 11.8. The van der Waals surface area contributed by atoms with Gasteiger partial charge in [-0.05, 0) is 32.9 Å². The molecular formula is C14H15ClN2O2. The molecule has 0 saturated heterocycles. The van der Waals surface area contributed by atoms with E-state index in [1.54, 1.807) is 23.7 Å². The molecule has 1 heterocycles. The number of aryl methyl sites for hydroxylation is 1. The molecule has 0 saturated carbocycles. The first kappa shape index (κ1) is 13.8. The van der Waals surface area contributed by atoms with Crippen molar-refractivity contribution in [2.45, 2.75) is 26.4 Å². The molecule has 2 rings (SSSR count). The number of para-hydroxylation sites is 1. The molecule has 0 atom stereocenters. The summed E-state index contributed by atoms with van der Waals surface area (Å²) in [6.45, 7) is 4.83. The molecule has 0 unspecified atom stereocenters. The number of hydrogen-bond acceptors (Lipinski definition) is 3. The highest BCUT2D eigenvalue weighted by Crippen LogP contribution is 2.21. The van der Waals surface area contributed by atoms with Crippen molar-refractivity contribution in [3.63, 3.8) is 0 Å². The highest BCUT2D eigenvalue weighted by atomic mass is 35.5. The molecule has 0 aliphatic carbocycles. The van der Waals surface area contributed by atoms with E-state index in [2.05, 4.69) is 5.10 Å². The Labute approximate surface area is 116 Å². The van der Waals surface area contributed by atoms with Gasteiger partial charge in [0.05, 0.1) is 10.7 Å². The fraction of sp³-hybridized carbons (Fsp3) is 0.286. The van der Waals surface area contributed by atoms with Crippen LogP contribution in [0, 0.1) is 6.92 Å². The summed E-state index contributed by atoms with van der Waals surface area (Å²) in [5.74, 6) is 0. The Morgan fingerprint density at radius 3 is 2.53 bits per heavy atom. The minimum Gasteiger partial charge on any atom is -0.384 e. The summed E-state index contributed by atoms with van der Waals surface area (Å²) in [7, 11) is 0. The molecule has 1 aromatic heterocycles. The van der Waals surface area contributed by atoms with Crippen LogP contribution in [0.5, 0.6) is 0 Å². The Kier molecular flexibility index (Phi) is 3.47. The van der Waals surface area contributed by atoms with Crippen molar-refractivity contribution in [3.8, 4) is 5.69 Å². The lowest BCUT2D eigenvalue weighted by Gasteiger charge is -2.19. The van der Waals surface area contributed by atoms with Crippen molar-refractivity contribution in [2.24, 2.45) is 0 Å². The van der Waals surface area contributed by atoms with Crippen molar-refractivity contribution in [1.82, 2.24) is 9.78 Å². The lowest BCUT2D eigenvalue weighted by Crippen LogP contribution is -2.30. The maximum absolute atomic E-state index is 11.9. The van der Waals surface area contributed by atoms with Gasteiger partial charge in [0.15, 0.2) is 0 Å². The number of rotatable bonds is 2. The van der Waals surface area contributed by atoms with Crippen molar-refractivity contribution in [2.75, 3.05) is 0 Å². The average molecular weight is 279 g/mol. The van der Waals surface area contributed by atoms with E-state index in [0.29, 0.717) is 16.4 Å². The van der Waals surface area contributed by atoms with Gasteiger partial charge in [-0.1, -0.05) is 23.7 Å². The van der Waals surface area contributed by atoms with Gasteiger partial charge in [-0.3, -0.25) is 4.79 Å². The normalized spacial score (nSPS) is 11.6. The van der Waals surface area contributed by atoms with Gasteiger partial charge in [0.1, 0.15) is 11.3 Å². The van der Waals surface area contributed by atoms with Gasteiger partial charge in [-0.25, -0.2) is 4.68 Å². The first-order valence-electron chi connectivity index (χ1n) is 5.89. The first-order chi connectivity index (χ1) is 8.80. The molecule has 4 nitrogen and oxygen atoms in total. The second kappa shape index (κ2) is 4.79. The first-order valence-corrected chi connectivity index (χ1v) is 6.27. The average Bonchev–Trinajstić information content (AvgIpc) is 2.29. The third kappa shape index (κ3) is 2.69. The zero-order valence-electron chi connectivity index (χ0n) is 11.0. The number of halogens is 1. The quantitative estimate of drug-likeness (QED) is 0.918. The molecule has 1 aromatic carbocycles. The smallest absolute Gasteiger partial charge is 0.206 e. The molecule has 0 bridgehead atoms. The number of nitrogens with zero attached hydrogens (tertiary/aromatic N) is 2. The fourth-order valence-corrected chi connectivity index (χ4v) is 2.05. The van der Waals surface area contributed by atoms with Gasteiger partial charge in [-0.15, -0.1) is 0 Å². The molecule has 0 radical (unpaired) electrons. The standard InChI is InChI=1S/C14H15ClN2O2/c1-9-8-12(18)13(14(2,3)19)16-17(9)11-7-5-4-6-10(11)15/h4-8,19H,1-3H3. The zero-order chi connectivity index (χ0) is 14.2. The van der Waals surface area contributed by atoms with Gasteiger partial charge in [0.2, 0.25) is 5.43 Å². The third-order valence-electron chi connectivity index (χ3n) is 2.77. The molecule has 1 N–H and O–H groups in total. The van der Waals surface area contributed by atoms with E-state index in [9.17, 15) is 9.90 Å². The van der Waals surface area contributed by atoms with Crippen LogP contribution in [0.25, 0.3) is 5.69 Å². The van der Waals surface area contributed by atoms with Crippen LogP contribution in [-0.4, -0.2) is 14.9 Å². The molecular weight excluding hydrogens is 264 g/mol. The number of aliphatic hydroxyl groups is 1. The lowest BCUT2D eigenvalue weighted by atomic mass is 10.0. The van der Waals surface area contributed by atoms with E-state index in [0.717, 1.165) is 0 Å². The molecule has 0 amide bonds. The summed E-state index contributed by atoms with van der Waals surface area (Å²) in [6, 6.07) is 8.66. The molecule has 0 aliphatic heterocycles. The van der Waals surface area contributed by atoms with Crippen LogP contribution < -0.4 is 5.43 Å². The van der Waals surface area contributed by atoms with Crippen molar-refractivity contribution in [3.05, 3.63) is 57.0 Å². The summed E-state index contributed by atoms with van der Waals surface area (Å²) in [5.41, 5.74) is -0.155. The van der Waals surface area contributed by atoms with E-state index < -0.39 is 5.60 Å². The topological polar surface area (TPSA) is 55.1 Å². The molecule has 0 aliphatic rings. The summed E-state index contributed by atoms with van der Waals surface area (Å²) in [6.07, 6.45) is 0. The second-order valence-corrected chi connectivity index (χ2v) is 5.33. The largest absolute Gasteiger partial charge is 0.384 e. The second-order valence-electron chi connectivity index (χ2n) is 4.92. The maximum Gasteiger partial charge on any atom is 0.206 e. The summed E-state index contributed by atoms with van der Waals surface area (Å²) < 4.78 is 1.57. The number of benzene rings is 1. The highest BCUT2D eigenvalue weighted by molar-refractivity contribution is 6.32. The fourth-order valence-electron chi connectivity index (χ4n) is 1.84. The molecule has 100 valence electrons. The van der Waals surface area contributed by atoms with Gasteiger partial charge >= 0.3 is 0 Å². The lowest BCUT2D eigenvalue weighted by molar-refractivity contribution is 0.0709. The molecule has 5 heteroatoms. The Morgan fingerprint density at radius 2 is 1.95 bits per heavy atom. The Bertz CT molecular complexity index is 672. The maximum atomic E-state index is 11.9. The van der Waals surface area contributed by atoms with Crippen molar-refractivity contribution < 1.29 is 5.11 Å². The van der Waals surface area contributed by atoms with E-state index in [4.69, 9.17) is 11.6 Å². The van der Waals surface area contributed by atoms with Gasteiger partial charge in [0.25, 0.3) is 0 Å². The van der Waals surface area contributed by atoms with Crippen LogP contribution in [0.1, 0.15) is 25.2 Å². The van der Waals surface area contributed by atoms with Crippen LogP contribution >= 0.6 is 11.6 Å².